The third-order valence-electron chi connectivity index (χ3n) is 8.77. The first-order chi connectivity index (χ1) is 18.4. The molecule has 0 aromatic carbocycles. The summed E-state index contributed by atoms with van der Waals surface area (Å²) in [5.41, 5.74) is 9.65. The van der Waals surface area contributed by atoms with E-state index in [1.165, 1.54) is 17.5 Å². The van der Waals surface area contributed by atoms with Gasteiger partial charge in [0.05, 0.1) is 24.0 Å². The number of nitrogens with zero attached hydrogens (tertiary/aromatic N) is 4. The number of nitrogens with one attached hydrogen (secondary N) is 1. The molecule has 4 rings (SSSR count). The third-order valence-corrected chi connectivity index (χ3v) is 8.77. The van der Waals surface area contributed by atoms with Crippen molar-refractivity contribution in [2.24, 2.45) is 17.4 Å². The Hall–Kier alpha value is -2.57. The van der Waals surface area contributed by atoms with Gasteiger partial charge in [-0.05, 0) is 39.0 Å². The molecule has 3 atom stereocenters. The molecule has 13 heteroatoms. The van der Waals surface area contributed by atoms with E-state index in [2.05, 4.69) is 15.6 Å². The summed E-state index contributed by atoms with van der Waals surface area (Å²) in [4.78, 5) is 53.8. The second-order valence-corrected chi connectivity index (χ2v) is 12.2. The predicted octanol–water partition coefficient (Wildman–Crippen LogP) is 1.24. The van der Waals surface area contributed by atoms with E-state index in [4.69, 9.17) is 11.5 Å². The summed E-state index contributed by atoms with van der Waals surface area (Å²) in [6, 6.07) is -2.13. The van der Waals surface area contributed by atoms with E-state index < -0.39 is 46.9 Å². The Labute approximate surface area is 241 Å². The predicted molar refractivity (Wildman–Crippen MR) is 149 cm³/mol. The number of carbonyl (C=O) groups excluding carboxylic acids is 4. The minimum absolute atomic E-state index is 0. The highest BCUT2D eigenvalue weighted by Crippen LogP contribution is 2.35. The molecule has 1 aliphatic heterocycles. The highest BCUT2D eigenvalue weighted by atomic mass is 35.5. The number of halogens is 1. The van der Waals surface area contributed by atoms with Crippen LogP contribution in [0.25, 0.3) is 0 Å². The van der Waals surface area contributed by atoms with Gasteiger partial charge in [-0.25, -0.2) is 4.68 Å². The largest absolute Gasteiger partial charge is 0.384 e. The lowest BCUT2D eigenvalue weighted by molar-refractivity contribution is -0.145. The van der Waals surface area contributed by atoms with E-state index in [1.807, 2.05) is 0 Å². The summed E-state index contributed by atoms with van der Waals surface area (Å²) >= 11 is 0. The zero-order valence-corrected chi connectivity index (χ0v) is 24.3. The summed E-state index contributed by atoms with van der Waals surface area (Å²) in [6.07, 6.45) is 10.6. The molecule has 2 heterocycles. The van der Waals surface area contributed by atoms with Crippen LogP contribution in [-0.2, 0) is 24.8 Å². The molecule has 2 aliphatic carbocycles. The second kappa shape index (κ2) is 12.9. The van der Waals surface area contributed by atoms with Crippen LogP contribution in [0.1, 0.15) is 103 Å². The lowest BCUT2D eigenvalue weighted by Crippen LogP contribution is -2.62. The second-order valence-electron chi connectivity index (χ2n) is 12.2. The molecule has 12 nitrogen and oxygen atoms in total. The van der Waals surface area contributed by atoms with E-state index in [0.29, 0.717) is 43.7 Å². The van der Waals surface area contributed by atoms with Gasteiger partial charge in [-0.1, -0.05) is 56.6 Å². The zero-order valence-electron chi connectivity index (χ0n) is 23.5. The number of hydrogen-bond acceptors (Lipinski definition) is 8. The van der Waals surface area contributed by atoms with Crippen molar-refractivity contribution < 1.29 is 24.3 Å². The molecule has 3 amide bonds. The van der Waals surface area contributed by atoms with E-state index in [-0.39, 0.29) is 31.3 Å². The summed E-state index contributed by atoms with van der Waals surface area (Å²) < 4.78 is 1.56. The topological polar surface area (TPSA) is 187 Å². The van der Waals surface area contributed by atoms with Crippen molar-refractivity contribution in [1.29, 1.82) is 0 Å². The van der Waals surface area contributed by atoms with Crippen LogP contribution in [0.15, 0.2) is 6.20 Å². The van der Waals surface area contributed by atoms with Crippen molar-refractivity contribution in [2.75, 3.05) is 6.54 Å². The van der Waals surface area contributed by atoms with Crippen LogP contribution < -0.4 is 16.8 Å². The number of rotatable bonds is 9. The van der Waals surface area contributed by atoms with Gasteiger partial charge in [-0.2, -0.15) is 0 Å². The average molecular weight is 582 g/mol. The molecular weight excluding hydrogens is 538 g/mol. The van der Waals surface area contributed by atoms with Crippen molar-refractivity contribution in [2.45, 2.75) is 120 Å². The fourth-order valence-corrected chi connectivity index (χ4v) is 6.65. The normalized spacial score (nSPS) is 24.1. The van der Waals surface area contributed by atoms with Crippen LogP contribution in [0.2, 0.25) is 0 Å². The molecule has 0 radical (unpaired) electrons. The van der Waals surface area contributed by atoms with Gasteiger partial charge in [0.15, 0.2) is 0 Å². The molecule has 6 N–H and O–H groups in total. The van der Waals surface area contributed by atoms with E-state index >= 15 is 0 Å². The number of primary amides is 1. The molecular formula is C27H44ClN7O5. The number of aromatic nitrogens is 3. The number of nitrogens with two attached hydrogens (primary N) is 2. The molecule has 40 heavy (non-hydrogen) atoms. The van der Waals surface area contributed by atoms with Crippen LogP contribution in [-0.4, -0.2) is 72.7 Å². The van der Waals surface area contributed by atoms with Gasteiger partial charge in [0.2, 0.25) is 17.6 Å². The van der Waals surface area contributed by atoms with Crippen molar-refractivity contribution in [3.63, 3.8) is 0 Å². The fraction of sp³-hybridized carbons (Fsp3) is 0.778. The molecule has 1 saturated heterocycles. The van der Waals surface area contributed by atoms with Gasteiger partial charge < -0.3 is 26.8 Å². The molecule has 3 fully saturated rings. The van der Waals surface area contributed by atoms with Crippen LogP contribution in [0.4, 0.5) is 0 Å². The number of aliphatic hydroxyl groups is 1. The fourth-order valence-electron chi connectivity index (χ4n) is 6.65. The van der Waals surface area contributed by atoms with Crippen LogP contribution >= 0.6 is 12.4 Å². The van der Waals surface area contributed by atoms with E-state index in [1.54, 1.807) is 18.5 Å². The summed E-state index contributed by atoms with van der Waals surface area (Å²) in [6.45, 7) is 3.39. The monoisotopic (exact) mass is 581 g/mol. The Kier molecular flexibility index (Phi) is 10.3. The molecule has 2 saturated carbocycles. The van der Waals surface area contributed by atoms with Crippen LogP contribution in [0, 0.1) is 5.92 Å². The number of carbonyl (C=O) groups is 4. The number of likely N-dealkylation sites (tertiary alicyclic amines) is 1. The van der Waals surface area contributed by atoms with Gasteiger partial charge in [0.1, 0.15) is 17.2 Å². The molecule has 0 bridgehead atoms. The first-order valence-corrected chi connectivity index (χ1v) is 14.3. The van der Waals surface area contributed by atoms with Gasteiger partial charge in [-0.3, -0.25) is 19.2 Å². The minimum atomic E-state index is -1.37. The van der Waals surface area contributed by atoms with Crippen LogP contribution in [0.5, 0.6) is 0 Å². The Morgan fingerprint density at radius 3 is 2.35 bits per heavy atom. The highest BCUT2D eigenvalue weighted by molar-refractivity contribution is 6.39. The Bertz CT molecular complexity index is 1080. The highest BCUT2D eigenvalue weighted by Gasteiger charge is 2.48. The molecule has 224 valence electrons. The van der Waals surface area contributed by atoms with Gasteiger partial charge in [-0.15, -0.1) is 17.5 Å². The van der Waals surface area contributed by atoms with Gasteiger partial charge in [0.25, 0.3) is 5.91 Å². The molecule has 0 spiro atoms. The number of Topliss-reactive ketones (excluding diaryl/α,β-unsaturated/α-hetero) is 1. The lowest BCUT2D eigenvalue weighted by Gasteiger charge is -2.37. The first kappa shape index (κ1) is 32.0. The molecule has 3 aliphatic rings. The number of ketones is 1. The molecule has 0 unspecified atom stereocenters. The maximum Gasteiger partial charge on any atom is 0.287 e. The SMILES string of the molecule is CC(C)(O)c1cnnn1[C@H]1C[C@@H](C(=O)NC2(C(=O)C(N)=O)CCCCC2)N(C(=O)[C@H](N)CC2CCCCC2)C1.Cl. The maximum absolute atomic E-state index is 13.8. The average Bonchev–Trinajstić information content (AvgIpc) is 3.56. The van der Waals surface area contributed by atoms with E-state index in [9.17, 15) is 24.3 Å². The van der Waals surface area contributed by atoms with E-state index in [0.717, 1.165) is 32.1 Å². The van der Waals surface area contributed by atoms with Gasteiger partial charge >= 0.3 is 0 Å². The Morgan fingerprint density at radius 1 is 1.12 bits per heavy atom. The van der Waals surface area contributed by atoms with Crippen molar-refractivity contribution in [1.82, 2.24) is 25.2 Å². The zero-order chi connectivity index (χ0) is 28.4. The number of hydrogen-bond donors (Lipinski definition) is 4. The minimum Gasteiger partial charge on any atom is -0.384 e. The summed E-state index contributed by atoms with van der Waals surface area (Å²) in [5, 5.41) is 21.6. The standard InChI is InChI=1S/C27H43N7O5.ClH/c1-26(2,39)21-15-30-32-34(21)18-14-20(24(37)31-27(22(35)23(29)36)11-7-4-8-12-27)33(16-18)25(38)19(28)13-17-9-5-3-6-10-17;/h15,17-20,39H,3-14,16,28H2,1-2H3,(H2,29,36)(H,31,37);1H/t18-,19+,20-;/m0./s1. The lowest BCUT2D eigenvalue weighted by atomic mass is 9.78. The maximum atomic E-state index is 13.8. The summed E-state index contributed by atoms with van der Waals surface area (Å²) in [7, 11) is 0. The summed E-state index contributed by atoms with van der Waals surface area (Å²) in [5.74, 6) is -2.36. The molecule has 1 aromatic rings. The quantitative estimate of drug-likeness (QED) is 0.313. The first-order valence-electron chi connectivity index (χ1n) is 14.3. The smallest absolute Gasteiger partial charge is 0.287 e. The van der Waals surface area contributed by atoms with Crippen molar-refractivity contribution >= 4 is 35.9 Å². The van der Waals surface area contributed by atoms with Crippen molar-refractivity contribution in [3.8, 4) is 0 Å². The molecule has 1 aromatic heterocycles. The number of amides is 3. The van der Waals surface area contributed by atoms with Gasteiger partial charge in [0, 0.05) is 13.0 Å². The Morgan fingerprint density at radius 2 is 1.75 bits per heavy atom. The third kappa shape index (κ3) is 6.83. The Balaban J connectivity index is 0.00000441. The van der Waals surface area contributed by atoms with Crippen LogP contribution in [0.3, 0.4) is 0 Å². The van der Waals surface area contributed by atoms with Crippen molar-refractivity contribution in [3.05, 3.63) is 11.9 Å².